The average molecular weight is 462 g/mol. The summed E-state index contributed by atoms with van der Waals surface area (Å²) in [4.78, 5) is 36.1. The second kappa shape index (κ2) is 9.35. The number of nitrogens with zero attached hydrogens (tertiary/aromatic N) is 1. The predicted molar refractivity (Wildman–Crippen MR) is 113 cm³/mol. The maximum Gasteiger partial charge on any atom is 0.305 e. The number of carbonyl (C=O) groups is 3. The number of carboxylic acid groups (broad SMARTS) is 1. The van der Waals surface area contributed by atoms with Crippen molar-refractivity contribution < 1.29 is 37.8 Å². The van der Waals surface area contributed by atoms with Gasteiger partial charge in [-0.25, -0.2) is 13.2 Å². The van der Waals surface area contributed by atoms with Gasteiger partial charge >= 0.3 is 5.97 Å². The maximum atomic E-state index is 14.9. The highest BCUT2D eigenvalue weighted by Crippen LogP contribution is 2.35. The van der Waals surface area contributed by atoms with Crippen molar-refractivity contribution in [2.75, 3.05) is 0 Å². The lowest BCUT2D eigenvalue weighted by molar-refractivity contribution is -0.137. The van der Waals surface area contributed by atoms with Gasteiger partial charge in [-0.05, 0) is 44.0 Å². The molecule has 10 heteroatoms. The average Bonchev–Trinajstić information content (AvgIpc) is 3.00. The van der Waals surface area contributed by atoms with Crippen LogP contribution in [0.4, 0.5) is 13.2 Å². The van der Waals surface area contributed by atoms with Crippen LogP contribution in [0, 0.1) is 24.4 Å². The first kappa shape index (κ1) is 23.8. The quantitative estimate of drug-likeness (QED) is 0.497. The second-order valence-electron chi connectivity index (χ2n) is 7.70. The highest BCUT2D eigenvalue weighted by atomic mass is 19.1. The molecule has 0 aliphatic rings. The summed E-state index contributed by atoms with van der Waals surface area (Å²) in [6.45, 7) is 2.98. The Balaban J connectivity index is 2.04. The number of carbonyl (C=O) groups excluding carboxylic acids is 2. The molecular weight excluding hydrogens is 441 g/mol. The van der Waals surface area contributed by atoms with E-state index < -0.39 is 47.0 Å². The van der Waals surface area contributed by atoms with E-state index in [1.165, 1.54) is 26.0 Å². The molecule has 7 nitrogen and oxygen atoms in total. The van der Waals surface area contributed by atoms with E-state index in [0.717, 1.165) is 22.8 Å². The Morgan fingerprint density at radius 1 is 1.15 bits per heavy atom. The zero-order chi connectivity index (χ0) is 24.4. The van der Waals surface area contributed by atoms with E-state index in [-0.39, 0.29) is 47.0 Å². The van der Waals surface area contributed by atoms with Crippen molar-refractivity contribution in [3.63, 3.8) is 0 Å². The highest BCUT2D eigenvalue weighted by Gasteiger charge is 2.26. The number of aryl methyl sites for hydroxylation is 1. The molecule has 0 unspecified atom stereocenters. The van der Waals surface area contributed by atoms with Crippen molar-refractivity contribution in [2.45, 2.75) is 39.2 Å². The lowest BCUT2D eigenvalue weighted by atomic mass is 10.0. The first-order chi connectivity index (χ1) is 15.5. The fraction of sp³-hybridized carbons (Fsp3) is 0.261. The third kappa shape index (κ3) is 4.84. The Hall–Kier alpha value is -3.82. The van der Waals surface area contributed by atoms with Gasteiger partial charge in [-0.2, -0.15) is 0 Å². The third-order valence-electron chi connectivity index (χ3n) is 5.25. The molecule has 3 N–H and O–H groups in total. The highest BCUT2D eigenvalue weighted by molar-refractivity contribution is 6.04. The number of phenols is 1. The number of nitrogens with one attached hydrogen (secondary N) is 1. The Bertz CT molecular complexity index is 1270. The molecule has 0 radical (unpaired) electrons. The van der Waals surface area contributed by atoms with Gasteiger partial charge in [0, 0.05) is 35.2 Å². The number of carboxylic acids is 1. The summed E-state index contributed by atoms with van der Waals surface area (Å²) in [6, 6.07) is 4.96. The van der Waals surface area contributed by atoms with Gasteiger partial charge in [0.05, 0.1) is 11.9 Å². The second-order valence-corrected chi connectivity index (χ2v) is 7.70. The van der Waals surface area contributed by atoms with Gasteiger partial charge in [0.2, 0.25) is 5.91 Å². The van der Waals surface area contributed by atoms with Crippen LogP contribution >= 0.6 is 0 Å². The molecule has 1 heterocycles. The first-order valence-corrected chi connectivity index (χ1v) is 10.0. The van der Waals surface area contributed by atoms with Crippen molar-refractivity contribution in [3.05, 3.63) is 64.6 Å². The summed E-state index contributed by atoms with van der Waals surface area (Å²) in [7, 11) is 0. The maximum absolute atomic E-state index is 14.9. The van der Waals surface area contributed by atoms with Crippen molar-refractivity contribution in [2.24, 2.45) is 0 Å². The Kier molecular flexibility index (Phi) is 6.75. The van der Waals surface area contributed by atoms with Crippen LogP contribution in [0.2, 0.25) is 0 Å². The summed E-state index contributed by atoms with van der Waals surface area (Å²) in [5.74, 6) is -6.79. The summed E-state index contributed by atoms with van der Waals surface area (Å²) >= 11 is 0. The number of aliphatic carboxylic acids is 1. The number of halogens is 3. The van der Waals surface area contributed by atoms with Crippen molar-refractivity contribution in [3.8, 4) is 5.75 Å². The summed E-state index contributed by atoms with van der Waals surface area (Å²) in [6.07, 6.45) is -0.553. The molecule has 33 heavy (non-hydrogen) atoms. The minimum Gasteiger partial charge on any atom is -0.503 e. The number of aromatic hydroxyl groups is 1. The molecule has 0 saturated carbocycles. The fourth-order valence-corrected chi connectivity index (χ4v) is 3.77. The van der Waals surface area contributed by atoms with E-state index >= 15 is 0 Å². The number of benzene rings is 2. The van der Waals surface area contributed by atoms with Crippen LogP contribution in [0.25, 0.3) is 10.9 Å². The number of amides is 1. The molecule has 3 rings (SSSR count). The third-order valence-corrected chi connectivity index (χ3v) is 5.25. The predicted octanol–water partition coefficient (Wildman–Crippen LogP) is 3.67. The van der Waals surface area contributed by atoms with Crippen LogP contribution in [0.3, 0.4) is 0 Å². The molecule has 0 aliphatic carbocycles. The molecule has 1 atom stereocenters. The lowest BCUT2D eigenvalue weighted by Crippen LogP contribution is -2.34. The number of phenolic OH excluding ortho intramolecular Hbond substituents is 1. The number of fused-ring (bicyclic) bond motifs is 1. The molecule has 0 bridgehead atoms. The van der Waals surface area contributed by atoms with Gasteiger partial charge in [0.25, 0.3) is 5.91 Å². The SMILES string of the molecule is Cc1c(CCC(=O)N[C@@H](C)CC(=O)O)c2c(F)c(O)c(F)cc2n1C(=O)c1cccc(F)c1. The number of hydrogen-bond donors (Lipinski definition) is 3. The van der Waals surface area contributed by atoms with Gasteiger partial charge in [-0.3, -0.25) is 19.0 Å². The zero-order valence-corrected chi connectivity index (χ0v) is 17.8. The van der Waals surface area contributed by atoms with Crippen LogP contribution in [0.1, 0.15) is 41.4 Å². The van der Waals surface area contributed by atoms with Crippen LogP contribution in [0.15, 0.2) is 30.3 Å². The van der Waals surface area contributed by atoms with Crippen molar-refractivity contribution in [1.29, 1.82) is 0 Å². The number of aromatic nitrogens is 1. The van der Waals surface area contributed by atoms with Crippen LogP contribution in [-0.4, -0.2) is 38.6 Å². The summed E-state index contributed by atoms with van der Waals surface area (Å²) < 4.78 is 43.7. The summed E-state index contributed by atoms with van der Waals surface area (Å²) in [5, 5.41) is 20.8. The Morgan fingerprint density at radius 3 is 2.48 bits per heavy atom. The molecule has 1 aromatic heterocycles. The molecule has 3 aromatic rings. The largest absolute Gasteiger partial charge is 0.503 e. The van der Waals surface area contributed by atoms with Crippen molar-refractivity contribution >= 4 is 28.7 Å². The molecule has 0 fully saturated rings. The zero-order valence-electron chi connectivity index (χ0n) is 17.8. The van der Waals surface area contributed by atoms with Crippen LogP contribution in [0.5, 0.6) is 5.75 Å². The van der Waals surface area contributed by atoms with Gasteiger partial charge in [0.1, 0.15) is 5.82 Å². The number of hydrogen-bond acceptors (Lipinski definition) is 4. The summed E-state index contributed by atoms with van der Waals surface area (Å²) in [5.41, 5.74) is 0.137. The van der Waals surface area contributed by atoms with Crippen LogP contribution < -0.4 is 5.32 Å². The van der Waals surface area contributed by atoms with Gasteiger partial charge < -0.3 is 15.5 Å². The fourth-order valence-electron chi connectivity index (χ4n) is 3.77. The van der Waals surface area contributed by atoms with Gasteiger partial charge in [-0.15, -0.1) is 0 Å². The smallest absolute Gasteiger partial charge is 0.305 e. The minimum atomic E-state index is -1.28. The van der Waals surface area contributed by atoms with E-state index in [0.29, 0.717) is 0 Å². The molecule has 0 spiro atoms. The first-order valence-electron chi connectivity index (χ1n) is 10.0. The molecular formula is C23H21F3N2O5. The van der Waals surface area contributed by atoms with E-state index in [9.17, 15) is 32.7 Å². The van der Waals surface area contributed by atoms with E-state index in [2.05, 4.69) is 5.32 Å². The Labute approximate surface area is 186 Å². The van der Waals surface area contributed by atoms with E-state index in [1.807, 2.05) is 0 Å². The van der Waals surface area contributed by atoms with Crippen molar-refractivity contribution in [1.82, 2.24) is 9.88 Å². The minimum absolute atomic E-state index is 0.0596. The molecule has 1 amide bonds. The molecule has 2 aromatic carbocycles. The lowest BCUT2D eigenvalue weighted by Gasteiger charge is -2.11. The Morgan fingerprint density at radius 2 is 1.85 bits per heavy atom. The molecule has 174 valence electrons. The topological polar surface area (TPSA) is 109 Å². The molecule has 0 aliphatic heterocycles. The standard InChI is InChI=1S/C23H21F3N2O5/c1-11(8-19(30)31)27-18(29)7-6-15-12(2)28(23(33)13-4-3-5-14(24)9-13)17-10-16(25)22(32)21(26)20(15)17/h3-5,9-11,32H,6-8H2,1-2H3,(H,27,29)(H,30,31)/t11-/m0/s1. The normalized spacial score (nSPS) is 12.0. The van der Waals surface area contributed by atoms with Gasteiger partial charge in [-0.1, -0.05) is 6.07 Å². The van der Waals surface area contributed by atoms with Gasteiger partial charge in [0.15, 0.2) is 17.4 Å². The van der Waals surface area contributed by atoms with E-state index in [4.69, 9.17) is 5.11 Å². The monoisotopic (exact) mass is 462 g/mol. The number of rotatable bonds is 7. The van der Waals surface area contributed by atoms with E-state index in [1.54, 1.807) is 0 Å². The molecule has 0 saturated heterocycles. The van der Waals surface area contributed by atoms with Crippen LogP contribution in [-0.2, 0) is 16.0 Å².